The van der Waals surface area contributed by atoms with E-state index in [4.69, 9.17) is 70.6 Å². The van der Waals surface area contributed by atoms with Gasteiger partial charge in [-0.15, -0.1) is 20.4 Å². The van der Waals surface area contributed by atoms with Crippen LogP contribution in [0.25, 0.3) is 22.0 Å². The van der Waals surface area contributed by atoms with Gasteiger partial charge in [-0.25, -0.2) is 0 Å². The number of aryl methyl sites for hydroxylation is 1. The van der Waals surface area contributed by atoms with Crippen molar-refractivity contribution in [2.24, 2.45) is 13.0 Å². The Bertz CT molecular complexity index is 1310. The van der Waals surface area contributed by atoms with Crippen LogP contribution in [0.15, 0.2) is 36.7 Å². The molecule has 0 unspecified atom stereocenters. The number of amides is 1. The van der Waals surface area contributed by atoms with Gasteiger partial charge in [0.2, 0.25) is 5.91 Å². The molecule has 0 saturated carbocycles. The normalized spacial score (nSPS) is 16.4. The summed E-state index contributed by atoms with van der Waals surface area (Å²) in [5, 5.41) is 7.56. The lowest BCUT2D eigenvalue weighted by Gasteiger charge is -2.68. The fourth-order valence-corrected chi connectivity index (χ4v) is 4.91. The van der Waals surface area contributed by atoms with Crippen molar-refractivity contribution in [1.29, 1.82) is 0 Å². The number of rotatable bonds is 7. The highest BCUT2D eigenvalue weighted by molar-refractivity contribution is 6.71. The molecule has 7 nitrogen and oxygen atoms in total. The molecule has 16 heteroatoms. The number of hydrogen-bond donors (Lipinski definition) is 1. The summed E-state index contributed by atoms with van der Waals surface area (Å²) in [4.78, 5) is 14.6. The van der Waals surface area contributed by atoms with Crippen molar-refractivity contribution in [3.05, 3.63) is 36.7 Å². The Morgan fingerprint density at radius 3 is 2.11 bits per heavy atom. The highest BCUT2D eigenvalue weighted by Crippen LogP contribution is 2.61. The van der Waals surface area contributed by atoms with Crippen molar-refractivity contribution in [3.63, 3.8) is 0 Å². The van der Waals surface area contributed by atoms with Gasteiger partial charge in [-0.2, -0.15) is 5.10 Å². The molecule has 18 radical (unpaired) electrons. The molecular weight excluding hydrogens is 462 g/mol. The molecule has 1 N–H and O–H groups in total. The first-order chi connectivity index (χ1) is 17.5. The molecule has 1 aromatic carbocycles. The third-order valence-electron chi connectivity index (χ3n) is 7.26. The fraction of sp³-hybridized carbons (Fsp3) is 0.455. The molecule has 0 spiro atoms. The molecule has 0 bridgehead atoms. The van der Waals surface area contributed by atoms with E-state index in [9.17, 15) is 4.79 Å². The number of likely N-dealkylation sites (tertiary alicyclic amines) is 1. The number of nitrogens with one attached hydrogen (secondary N) is 1. The van der Waals surface area contributed by atoms with Gasteiger partial charge in [-0.3, -0.25) is 9.48 Å². The number of anilines is 1. The Labute approximate surface area is 235 Å². The number of fused-ring (bicyclic) bond motifs is 1. The summed E-state index contributed by atoms with van der Waals surface area (Å²) < 4.78 is 1.73. The van der Waals surface area contributed by atoms with Crippen LogP contribution in [0.3, 0.4) is 0 Å². The lowest BCUT2D eigenvalue weighted by atomic mass is 9.09. The van der Waals surface area contributed by atoms with E-state index in [1.54, 1.807) is 21.8 Å². The quantitative estimate of drug-likeness (QED) is 0.446. The van der Waals surface area contributed by atoms with Crippen LogP contribution < -0.4 is 5.32 Å². The number of nitrogens with zero attached hydrogens (tertiary/aromatic N) is 5. The third-order valence-corrected chi connectivity index (χ3v) is 7.26. The molecular formula is C22H19B9N6O. The standard InChI is InChI=1S/C22H19B9N6O/c1-36-11-15(10-32-36)13-2-3-16-14(8-13)9-17(35-34-16)33-18(38)12-4-6-37(7-5-12)22(30,31)19(23,20(24,25)26)21(27,28)29/h2-3,8-12H,4-7H2,1H3,(H,33,35,38). The molecule has 170 valence electrons. The Hall–Kier alpha value is -2.22. The second-order valence-corrected chi connectivity index (χ2v) is 10.2. The van der Waals surface area contributed by atoms with Gasteiger partial charge in [0.15, 0.2) is 5.82 Å². The van der Waals surface area contributed by atoms with E-state index in [-0.39, 0.29) is 24.9 Å². The average molecular weight is 481 g/mol. The van der Waals surface area contributed by atoms with Crippen LogP contribution in [0.1, 0.15) is 12.8 Å². The van der Waals surface area contributed by atoms with E-state index in [1.165, 1.54) is 0 Å². The van der Waals surface area contributed by atoms with Gasteiger partial charge in [-0.1, -0.05) is 16.7 Å². The van der Waals surface area contributed by atoms with Crippen LogP contribution in [0.5, 0.6) is 0 Å². The van der Waals surface area contributed by atoms with Crippen molar-refractivity contribution in [2.75, 3.05) is 18.4 Å². The number of carbonyl (C=O) groups is 1. The van der Waals surface area contributed by atoms with E-state index >= 15 is 0 Å². The molecule has 4 rings (SSSR count). The SMILES string of the molecule is [B]C([B])([B])C([B])(C([B])([B])[B])C([B])([B])N1CCC(C(=O)Nc2cc3cc(-c4cnn(C)c4)ccc3nn2)CC1. The maximum Gasteiger partial charge on any atom is 0.228 e. The average Bonchev–Trinajstić information content (AvgIpc) is 3.28. The molecule has 3 heterocycles. The van der Waals surface area contributed by atoms with Gasteiger partial charge < -0.3 is 10.2 Å². The van der Waals surface area contributed by atoms with E-state index in [1.807, 2.05) is 31.4 Å². The topological polar surface area (TPSA) is 75.9 Å². The van der Waals surface area contributed by atoms with E-state index in [2.05, 4.69) is 20.6 Å². The zero-order valence-electron chi connectivity index (χ0n) is 21.2. The van der Waals surface area contributed by atoms with E-state index in [0.29, 0.717) is 24.2 Å². The van der Waals surface area contributed by atoms with Gasteiger partial charge in [0.25, 0.3) is 0 Å². The number of piperidine rings is 1. The van der Waals surface area contributed by atoms with E-state index in [0.717, 1.165) is 16.5 Å². The van der Waals surface area contributed by atoms with Gasteiger partial charge in [0.05, 0.1) is 82.3 Å². The molecule has 1 aliphatic heterocycles. The summed E-state index contributed by atoms with van der Waals surface area (Å²) in [6, 6.07) is 7.55. The highest BCUT2D eigenvalue weighted by atomic mass is 16.2. The molecule has 1 fully saturated rings. The zero-order chi connectivity index (χ0) is 28.1. The number of hydrogen-bond acceptors (Lipinski definition) is 5. The lowest BCUT2D eigenvalue weighted by Crippen LogP contribution is -2.67. The molecule has 1 saturated heterocycles. The van der Waals surface area contributed by atoms with E-state index < -0.39 is 20.9 Å². The summed E-state index contributed by atoms with van der Waals surface area (Å²) in [5.74, 6) is -0.262. The third kappa shape index (κ3) is 5.17. The van der Waals surface area contributed by atoms with Crippen LogP contribution in [-0.4, -0.2) is 120 Å². The Balaban J connectivity index is 1.45. The molecule has 38 heavy (non-hydrogen) atoms. The van der Waals surface area contributed by atoms with Crippen LogP contribution in [0.4, 0.5) is 5.82 Å². The Morgan fingerprint density at radius 2 is 1.55 bits per heavy atom. The van der Waals surface area contributed by atoms with Gasteiger partial charge in [-0.05, 0) is 49.7 Å². The number of carbonyl (C=O) groups excluding carboxylic acids is 1. The second-order valence-electron chi connectivity index (χ2n) is 10.2. The van der Waals surface area contributed by atoms with Crippen molar-refractivity contribution < 1.29 is 4.79 Å². The first-order valence-electron chi connectivity index (χ1n) is 12.0. The van der Waals surface area contributed by atoms with Crippen molar-refractivity contribution in [1.82, 2.24) is 24.9 Å². The number of benzene rings is 1. The predicted molar refractivity (Wildman–Crippen MR) is 157 cm³/mol. The van der Waals surface area contributed by atoms with Crippen LogP contribution in [0.2, 0.25) is 15.5 Å². The summed E-state index contributed by atoms with van der Waals surface area (Å²) in [5.41, 5.74) is 2.63. The molecule has 1 aliphatic rings. The van der Waals surface area contributed by atoms with Crippen molar-refractivity contribution in [3.8, 4) is 11.1 Å². The molecule has 3 aromatic rings. The minimum Gasteiger partial charge on any atom is -0.315 e. The Morgan fingerprint density at radius 1 is 0.921 bits per heavy atom. The highest BCUT2D eigenvalue weighted by Gasteiger charge is 2.54. The van der Waals surface area contributed by atoms with Gasteiger partial charge in [0.1, 0.15) is 0 Å². The first kappa shape index (κ1) is 28.8. The summed E-state index contributed by atoms with van der Waals surface area (Å²) in [6.07, 6.45) is 4.45. The summed E-state index contributed by atoms with van der Waals surface area (Å²) in [7, 11) is 56.1. The smallest absolute Gasteiger partial charge is 0.228 e. The predicted octanol–water partition coefficient (Wildman–Crippen LogP) is -0.843. The maximum absolute atomic E-state index is 13.1. The monoisotopic (exact) mass is 482 g/mol. The fourth-order valence-electron chi connectivity index (χ4n) is 4.91. The van der Waals surface area contributed by atoms with Crippen molar-refractivity contribution in [2.45, 2.75) is 33.7 Å². The molecule has 1 amide bonds. The lowest BCUT2D eigenvalue weighted by molar-refractivity contribution is -0.121. The van der Waals surface area contributed by atoms with Gasteiger partial charge in [0, 0.05) is 30.1 Å². The van der Waals surface area contributed by atoms with Crippen LogP contribution >= 0.6 is 0 Å². The number of aromatic nitrogens is 4. The summed E-state index contributed by atoms with van der Waals surface area (Å²) >= 11 is 0. The largest absolute Gasteiger partial charge is 0.315 e. The van der Waals surface area contributed by atoms with Crippen LogP contribution in [-0.2, 0) is 11.8 Å². The molecule has 2 aromatic heterocycles. The minimum absolute atomic E-state index is 0.225. The maximum atomic E-state index is 13.1. The minimum atomic E-state index is -2.23. The van der Waals surface area contributed by atoms with Crippen molar-refractivity contribution >= 4 is 93.2 Å². The van der Waals surface area contributed by atoms with Gasteiger partial charge >= 0.3 is 0 Å². The van der Waals surface area contributed by atoms with Crippen LogP contribution in [0, 0.1) is 5.92 Å². The molecule has 0 aliphatic carbocycles. The second kappa shape index (κ2) is 10.1. The molecule has 0 atom stereocenters. The zero-order valence-corrected chi connectivity index (χ0v) is 21.2. The summed E-state index contributed by atoms with van der Waals surface area (Å²) in [6.45, 7) is 0.488. The Kier molecular flexibility index (Phi) is 7.63. The first-order valence-corrected chi connectivity index (χ1v) is 12.0.